The molecule has 5 heteroatoms. The van der Waals surface area contributed by atoms with Gasteiger partial charge >= 0.3 is 0 Å². The van der Waals surface area contributed by atoms with Gasteiger partial charge in [0.15, 0.2) is 0 Å². The number of hydrogen-bond acceptors (Lipinski definition) is 4. The monoisotopic (exact) mass is 268 g/mol. The minimum atomic E-state index is 0.00947. The van der Waals surface area contributed by atoms with Crippen molar-refractivity contribution in [2.45, 2.75) is 31.8 Å². The van der Waals surface area contributed by atoms with Crippen molar-refractivity contribution in [2.24, 2.45) is 0 Å². The topological polar surface area (TPSA) is 38.8 Å². The number of piperazine rings is 1. The fraction of sp³-hybridized carbons (Fsp3) is 0.929. The number of carbonyl (C=O) groups excluding carboxylic acids is 1. The lowest BCUT2D eigenvalue weighted by atomic mass is 10.1. The molecule has 1 N–H and O–H groups in total. The maximum atomic E-state index is 12.3. The highest BCUT2D eigenvalue weighted by molar-refractivity contribution is 5.82. The van der Waals surface area contributed by atoms with Crippen molar-refractivity contribution < 1.29 is 4.79 Å². The number of likely N-dealkylation sites (N-methyl/N-ethyl adjacent to an activating group) is 3. The fourth-order valence-electron chi connectivity index (χ4n) is 3.17. The van der Waals surface area contributed by atoms with Gasteiger partial charge in [-0.3, -0.25) is 14.6 Å². The lowest BCUT2D eigenvalue weighted by Crippen LogP contribution is -2.57. The Morgan fingerprint density at radius 1 is 1.26 bits per heavy atom. The molecule has 2 aliphatic heterocycles. The van der Waals surface area contributed by atoms with Gasteiger partial charge in [0.2, 0.25) is 5.91 Å². The summed E-state index contributed by atoms with van der Waals surface area (Å²) in [5, 5.41) is 3.16. The van der Waals surface area contributed by atoms with Crippen molar-refractivity contribution in [1.29, 1.82) is 0 Å². The molecule has 1 amide bonds. The fourth-order valence-corrected chi connectivity index (χ4v) is 3.17. The average Bonchev–Trinajstić information content (AvgIpc) is 2.86. The number of hydrogen-bond donors (Lipinski definition) is 1. The largest absolute Gasteiger partial charge is 0.353 e. The molecule has 2 fully saturated rings. The molecule has 0 aromatic heterocycles. The van der Waals surface area contributed by atoms with Gasteiger partial charge in [0.1, 0.15) is 6.04 Å². The molecular weight excluding hydrogens is 240 g/mol. The second-order valence-corrected chi connectivity index (χ2v) is 5.93. The molecule has 0 radical (unpaired) electrons. The molecular formula is C14H28N4O. The Hall–Kier alpha value is -0.650. The SMILES string of the molecule is CCN1CCCC1CNC(=O)C1CN(C)CCN1C. The zero-order valence-electron chi connectivity index (χ0n) is 12.6. The third kappa shape index (κ3) is 3.68. The van der Waals surface area contributed by atoms with E-state index in [9.17, 15) is 4.79 Å². The highest BCUT2D eigenvalue weighted by Crippen LogP contribution is 2.15. The molecule has 0 aliphatic carbocycles. The molecule has 110 valence electrons. The van der Waals surface area contributed by atoms with E-state index in [0.29, 0.717) is 6.04 Å². The highest BCUT2D eigenvalue weighted by Gasteiger charge is 2.29. The normalized spacial score (nSPS) is 30.7. The molecule has 0 aromatic carbocycles. The van der Waals surface area contributed by atoms with E-state index in [4.69, 9.17) is 0 Å². The Morgan fingerprint density at radius 2 is 2.05 bits per heavy atom. The summed E-state index contributed by atoms with van der Waals surface area (Å²) in [4.78, 5) is 19.2. The molecule has 0 spiro atoms. The predicted octanol–water partition coefficient (Wildman–Crippen LogP) is -0.167. The molecule has 2 unspecified atom stereocenters. The maximum absolute atomic E-state index is 12.3. The van der Waals surface area contributed by atoms with Gasteiger partial charge in [0.25, 0.3) is 0 Å². The summed E-state index contributed by atoms with van der Waals surface area (Å²) in [6, 6.07) is 0.552. The van der Waals surface area contributed by atoms with Crippen molar-refractivity contribution >= 4 is 5.91 Å². The molecule has 19 heavy (non-hydrogen) atoms. The van der Waals surface area contributed by atoms with Crippen LogP contribution in [0.5, 0.6) is 0 Å². The molecule has 2 saturated heterocycles. The average molecular weight is 268 g/mol. The van der Waals surface area contributed by atoms with Gasteiger partial charge in [-0.25, -0.2) is 0 Å². The van der Waals surface area contributed by atoms with Gasteiger partial charge in [-0.2, -0.15) is 0 Å². The molecule has 2 atom stereocenters. The first-order valence-electron chi connectivity index (χ1n) is 7.52. The van der Waals surface area contributed by atoms with Crippen LogP contribution >= 0.6 is 0 Å². The van der Waals surface area contributed by atoms with Crippen LogP contribution in [-0.2, 0) is 4.79 Å². The van der Waals surface area contributed by atoms with Crippen LogP contribution in [0.1, 0.15) is 19.8 Å². The molecule has 2 aliphatic rings. The van der Waals surface area contributed by atoms with Crippen LogP contribution < -0.4 is 5.32 Å². The van der Waals surface area contributed by atoms with E-state index in [1.54, 1.807) is 0 Å². The van der Waals surface area contributed by atoms with Crippen molar-refractivity contribution in [1.82, 2.24) is 20.0 Å². The Balaban J connectivity index is 1.80. The van der Waals surface area contributed by atoms with Crippen molar-refractivity contribution in [3.63, 3.8) is 0 Å². The van der Waals surface area contributed by atoms with Crippen LogP contribution in [0.25, 0.3) is 0 Å². The number of rotatable bonds is 4. The standard InChI is InChI=1S/C14H28N4O/c1-4-18-7-5-6-12(18)10-15-14(19)13-11-16(2)8-9-17(13)3/h12-13H,4-11H2,1-3H3,(H,15,19). The van der Waals surface area contributed by atoms with Gasteiger partial charge in [-0.1, -0.05) is 6.92 Å². The summed E-state index contributed by atoms with van der Waals surface area (Å²) >= 11 is 0. The van der Waals surface area contributed by atoms with E-state index in [-0.39, 0.29) is 11.9 Å². The van der Waals surface area contributed by atoms with Crippen LogP contribution in [0.15, 0.2) is 0 Å². The second-order valence-electron chi connectivity index (χ2n) is 5.93. The van der Waals surface area contributed by atoms with Gasteiger partial charge < -0.3 is 10.2 Å². The summed E-state index contributed by atoms with van der Waals surface area (Å²) in [6.45, 7) is 8.14. The Morgan fingerprint density at radius 3 is 2.79 bits per heavy atom. The molecule has 0 aromatic rings. The first-order chi connectivity index (χ1) is 9.11. The van der Waals surface area contributed by atoms with E-state index in [1.165, 1.54) is 19.4 Å². The number of nitrogens with zero attached hydrogens (tertiary/aromatic N) is 3. The molecule has 5 nitrogen and oxygen atoms in total. The lowest BCUT2D eigenvalue weighted by molar-refractivity contribution is -0.128. The van der Waals surface area contributed by atoms with Gasteiger partial charge in [0, 0.05) is 32.2 Å². The van der Waals surface area contributed by atoms with Crippen LogP contribution in [0.2, 0.25) is 0 Å². The van der Waals surface area contributed by atoms with Crippen LogP contribution in [0.4, 0.5) is 0 Å². The molecule has 2 rings (SSSR count). The van der Waals surface area contributed by atoms with Gasteiger partial charge in [-0.15, -0.1) is 0 Å². The summed E-state index contributed by atoms with van der Waals surface area (Å²) in [6.07, 6.45) is 2.48. The lowest BCUT2D eigenvalue weighted by Gasteiger charge is -2.37. The number of likely N-dealkylation sites (tertiary alicyclic amines) is 1. The van der Waals surface area contributed by atoms with Gasteiger partial charge in [0.05, 0.1) is 0 Å². The third-order valence-corrected chi connectivity index (χ3v) is 4.57. The maximum Gasteiger partial charge on any atom is 0.238 e. The smallest absolute Gasteiger partial charge is 0.238 e. The third-order valence-electron chi connectivity index (χ3n) is 4.57. The first kappa shape index (κ1) is 14.8. The van der Waals surface area contributed by atoms with E-state index >= 15 is 0 Å². The second kappa shape index (κ2) is 6.68. The van der Waals surface area contributed by atoms with E-state index < -0.39 is 0 Å². The minimum absolute atomic E-state index is 0.00947. The number of amides is 1. The van der Waals surface area contributed by atoms with Crippen molar-refractivity contribution in [3.8, 4) is 0 Å². The van der Waals surface area contributed by atoms with E-state index in [2.05, 4.69) is 34.0 Å². The van der Waals surface area contributed by atoms with Crippen LogP contribution in [-0.4, -0.2) is 86.1 Å². The zero-order chi connectivity index (χ0) is 13.8. The molecule has 0 bridgehead atoms. The first-order valence-corrected chi connectivity index (χ1v) is 7.52. The Labute approximate surface area is 116 Å². The van der Waals surface area contributed by atoms with Crippen LogP contribution in [0.3, 0.4) is 0 Å². The van der Waals surface area contributed by atoms with Gasteiger partial charge in [-0.05, 0) is 40.0 Å². The zero-order valence-corrected chi connectivity index (χ0v) is 12.6. The molecule has 0 saturated carbocycles. The Bertz CT molecular complexity index is 310. The number of carbonyl (C=O) groups is 1. The van der Waals surface area contributed by atoms with Crippen LogP contribution in [0, 0.1) is 0 Å². The van der Waals surface area contributed by atoms with Crippen molar-refractivity contribution in [2.75, 3.05) is 53.4 Å². The summed E-state index contributed by atoms with van der Waals surface area (Å²) in [7, 11) is 4.13. The molecule has 2 heterocycles. The van der Waals surface area contributed by atoms with E-state index in [0.717, 1.165) is 32.7 Å². The number of nitrogens with one attached hydrogen (secondary N) is 1. The summed E-state index contributed by atoms with van der Waals surface area (Å²) in [5.74, 6) is 0.192. The highest BCUT2D eigenvalue weighted by atomic mass is 16.2. The quantitative estimate of drug-likeness (QED) is 0.768. The predicted molar refractivity (Wildman–Crippen MR) is 77.2 cm³/mol. The summed E-state index contributed by atoms with van der Waals surface area (Å²) in [5.41, 5.74) is 0. The summed E-state index contributed by atoms with van der Waals surface area (Å²) < 4.78 is 0. The van der Waals surface area contributed by atoms with E-state index in [1.807, 2.05) is 7.05 Å². The Kier molecular flexibility index (Phi) is 5.19. The van der Waals surface area contributed by atoms with Crippen molar-refractivity contribution in [3.05, 3.63) is 0 Å². The minimum Gasteiger partial charge on any atom is -0.353 e.